The van der Waals surface area contributed by atoms with E-state index in [-0.39, 0.29) is 16.7 Å². The van der Waals surface area contributed by atoms with Crippen molar-refractivity contribution in [1.29, 1.82) is 0 Å². The van der Waals surface area contributed by atoms with E-state index in [4.69, 9.17) is 5.73 Å². The number of hydrogen-bond acceptors (Lipinski definition) is 3. The first-order valence-corrected chi connectivity index (χ1v) is 7.10. The molecule has 0 saturated carbocycles. The lowest BCUT2D eigenvalue weighted by Crippen LogP contribution is -2.16. The highest BCUT2D eigenvalue weighted by Gasteiger charge is 2.16. The number of nitrogens with zero attached hydrogens (tertiary/aromatic N) is 1. The van der Waals surface area contributed by atoms with Crippen LogP contribution in [0.5, 0.6) is 0 Å². The molecular formula is C17H20N2O2. The Hall–Kier alpha value is -2.20. The monoisotopic (exact) mass is 284 g/mol. The lowest BCUT2D eigenvalue weighted by molar-refractivity contribution is -0.384. The smallest absolute Gasteiger partial charge is 0.269 e. The average molecular weight is 284 g/mol. The van der Waals surface area contributed by atoms with Crippen molar-refractivity contribution < 1.29 is 4.92 Å². The summed E-state index contributed by atoms with van der Waals surface area (Å²) in [5.41, 5.74) is 10.7. The zero-order chi connectivity index (χ0) is 15.4. The van der Waals surface area contributed by atoms with E-state index >= 15 is 0 Å². The molecule has 0 bridgehead atoms. The number of benzene rings is 2. The van der Waals surface area contributed by atoms with Gasteiger partial charge in [0.2, 0.25) is 0 Å². The number of nitro groups is 1. The van der Waals surface area contributed by atoms with E-state index < -0.39 is 0 Å². The molecule has 1 unspecified atom stereocenters. The number of nitro benzene ring substituents is 1. The molecule has 2 rings (SSSR count). The summed E-state index contributed by atoms with van der Waals surface area (Å²) in [6, 6.07) is 12.8. The molecule has 0 saturated heterocycles. The van der Waals surface area contributed by atoms with Crippen molar-refractivity contribution in [2.45, 2.75) is 32.7 Å². The molecular weight excluding hydrogens is 264 g/mol. The fraction of sp³-hybridized carbons (Fsp3) is 0.294. The van der Waals surface area contributed by atoms with Crippen LogP contribution in [0, 0.1) is 17.0 Å². The first kappa shape index (κ1) is 15.2. The van der Waals surface area contributed by atoms with Crippen LogP contribution in [0.15, 0.2) is 42.5 Å². The quantitative estimate of drug-likeness (QED) is 0.672. The van der Waals surface area contributed by atoms with E-state index in [0.717, 1.165) is 17.5 Å². The van der Waals surface area contributed by atoms with Crippen molar-refractivity contribution in [2.24, 2.45) is 5.73 Å². The molecule has 110 valence electrons. The maximum absolute atomic E-state index is 11.0. The molecule has 0 spiro atoms. The van der Waals surface area contributed by atoms with Crippen molar-refractivity contribution in [3.63, 3.8) is 0 Å². The standard InChI is InChI=1S/C17H20N2O2/c1-3-13-8-9-15(19(20)21)11-16(13)17(18)10-14-7-5-4-6-12(14)2/h4-9,11,17H,3,10,18H2,1-2H3. The van der Waals surface area contributed by atoms with Gasteiger partial charge in [0.1, 0.15) is 0 Å². The van der Waals surface area contributed by atoms with E-state index in [9.17, 15) is 10.1 Å². The SMILES string of the molecule is CCc1ccc([N+](=O)[O-])cc1C(N)Cc1ccccc1C. The van der Waals surface area contributed by atoms with E-state index in [2.05, 4.69) is 19.1 Å². The largest absolute Gasteiger partial charge is 0.324 e. The van der Waals surface area contributed by atoms with Crippen LogP contribution >= 0.6 is 0 Å². The first-order chi connectivity index (χ1) is 10.0. The average Bonchev–Trinajstić information content (AvgIpc) is 2.48. The van der Waals surface area contributed by atoms with Crippen molar-refractivity contribution in [2.75, 3.05) is 0 Å². The number of hydrogen-bond donors (Lipinski definition) is 1. The van der Waals surface area contributed by atoms with Gasteiger partial charge in [0, 0.05) is 18.2 Å². The summed E-state index contributed by atoms with van der Waals surface area (Å²) in [5.74, 6) is 0. The number of nitrogens with two attached hydrogens (primary N) is 1. The van der Waals surface area contributed by atoms with Crippen LogP contribution in [0.1, 0.15) is 35.2 Å². The molecule has 2 aromatic carbocycles. The minimum atomic E-state index is -0.372. The Morgan fingerprint density at radius 2 is 1.90 bits per heavy atom. The number of non-ortho nitro benzene ring substituents is 1. The lowest BCUT2D eigenvalue weighted by atomic mass is 9.92. The maximum atomic E-state index is 11.0. The van der Waals surface area contributed by atoms with Crippen LogP contribution in [0.3, 0.4) is 0 Å². The van der Waals surface area contributed by atoms with E-state index in [1.54, 1.807) is 12.1 Å². The predicted octanol–water partition coefficient (Wildman–Crippen LogP) is 3.71. The number of rotatable bonds is 5. The normalized spacial score (nSPS) is 12.1. The summed E-state index contributed by atoms with van der Waals surface area (Å²) < 4.78 is 0. The third-order valence-electron chi connectivity index (χ3n) is 3.82. The summed E-state index contributed by atoms with van der Waals surface area (Å²) in [5, 5.41) is 11.0. The Morgan fingerprint density at radius 1 is 1.19 bits per heavy atom. The molecule has 0 aromatic heterocycles. The Labute approximate surface area is 124 Å². The molecule has 4 nitrogen and oxygen atoms in total. The second-order valence-corrected chi connectivity index (χ2v) is 5.23. The highest BCUT2D eigenvalue weighted by atomic mass is 16.6. The predicted molar refractivity (Wildman–Crippen MR) is 84.3 cm³/mol. The minimum absolute atomic E-state index is 0.0995. The first-order valence-electron chi connectivity index (χ1n) is 7.10. The Bertz CT molecular complexity index is 653. The molecule has 0 amide bonds. The van der Waals surface area contributed by atoms with Gasteiger partial charge in [0.15, 0.2) is 0 Å². The highest BCUT2D eigenvalue weighted by molar-refractivity contribution is 5.42. The fourth-order valence-electron chi connectivity index (χ4n) is 2.55. The number of aryl methyl sites for hydroxylation is 2. The summed E-state index contributed by atoms with van der Waals surface area (Å²) in [4.78, 5) is 10.6. The van der Waals surface area contributed by atoms with Gasteiger partial charge >= 0.3 is 0 Å². The van der Waals surface area contributed by atoms with Crippen molar-refractivity contribution >= 4 is 5.69 Å². The lowest BCUT2D eigenvalue weighted by Gasteiger charge is -2.17. The molecule has 2 aromatic rings. The van der Waals surface area contributed by atoms with Crippen molar-refractivity contribution in [1.82, 2.24) is 0 Å². The molecule has 0 radical (unpaired) electrons. The van der Waals surface area contributed by atoms with Crippen LogP contribution in [0.4, 0.5) is 5.69 Å². The van der Waals surface area contributed by atoms with Crippen LogP contribution in [-0.2, 0) is 12.8 Å². The minimum Gasteiger partial charge on any atom is -0.324 e. The van der Waals surface area contributed by atoms with E-state index in [0.29, 0.717) is 6.42 Å². The third kappa shape index (κ3) is 3.47. The molecule has 4 heteroatoms. The summed E-state index contributed by atoms with van der Waals surface area (Å²) >= 11 is 0. The Morgan fingerprint density at radius 3 is 2.52 bits per heavy atom. The molecule has 0 heterocycles. The second-order valence-electron chi connectivity index (χ2n) is 5.23. The highest BCUT2D eigenvalue weighted by Crippen LogP contribution is 2.26. The van der Waals surface area contributed by atoms with Gasteiger partial charge in [-0.3, -0.25) is 10.1 Å². The summed E-state index contributed by atoms with van der Waals surface area (Å²) in [6.07, 6.45) is 1.50. The maximum Gasteiger partial charge on any atom is 0.269 e. The van der Waals surface area contributed by atoms with Crippen LogP contribution in [0.25, 0.3) is 0 Å². The van der Waals surface area contributed by atoms with Gasteiger partial charge in [-0.2, -0.15) is 0 Å². The molecule has 21 heavy (non-hydrogen) atoms. The molecule has 0 aliphatic heterocycles. The molecule has 0 aliphatic rings. The third-order valence-corrected chi connectivity index (χ3v) is 3.82. The Balaban J connectivity index is 2.33. The summed E-state index contributed by atoms with van der Waals surface area (Å²) in [6.45, 7) is 4.08. The topological polar surface area (TPSA) is 69.2 Å². The molecule has 0 aliphatic carbocycles. The molecule has 0 fully saturated rings. The van der Waals surface area contributed by atoms with Gasteiger partial charge in [-0.15, -0.1) is 0 Å². The van der Waals surface area contributed by atoms with Gasteiger partial charge < -0.3 is 5.73 Å². The second kappa shape index (κ2) is 6.50. The van der Waals surface area contributed by atoms with E-state index in [1.807, 2.05) is 25.1 Å². The van der Waals surface area contributed by atoms with Crippen LogP contribution in [0.2, 0.25) is 0 Å². The van der Waals surface area contributed by atoms with Crippen molar-refractivity contribution in [3.8, 4) is 0 Å². The van der Waals surface area contributed by atoms with Crippen LogP contribution < -0.4 is 5.73 Å². The Kier molecular flexibility index (Phi) is 4.70. The van der Waals surface area contributed by atoms with Gasteiger partial charge in [-0.05, 0) is 42.0 Å². The fourth-order valence-corrected chi connectivity index (χ4v) is 2.55. The van der Waals surface area contributed by atoms with Gasteiger partial charge in [0.05, 0.1) is 4.92 Å². The van der Waals surface area contributed by atoms with Crippen LogP contribution in [-0.4, -0.2) is 4.92 Å². The zero-order valence-corrected chi connectivity index (χ0v) is 12.4. The zero-order valence-electron chi connectivity index (χ0n) is 12.4. The van der Waals surface area contributed by atoms with E-state index in [1.165, 1.54) is 11.1 Å². The van der Waals surface area contributed by atoms with Gasteiger partial charge in [-0.25, -0.2) is 0 Å². The molecule has 2 N–H and O–H groups in total. The summed E-state index contributed by atoms with van der Waals surface area (Å²) in [7, 11) is 0. The van der Waals surface area contributed by atoms with Crippen molar-refractivity contribution in [3.05, 3.63) is 74.8 Å². The molecule has 1 atom stereocenters. The van der Waals surface area contributed by atoms with Gasteiger partial charge in [-0.1, -0.05) is 37.3 Å². The van der Waals surface area contributed by atoms with Gasteiger partial charge in [0.25, 0.3) is 5.69 Å².